The number of benzene rings is 1. The van der Waals surface area contributed by atoms with Crippen molar-refractivity contribution < 1.29 is 14.3 Å². The van der Waals surface area contributed by atoms with Crippen molar-refractivity contribution in [2.75, 3.05) is 18.5 Å². The first-order valence-corrected chi connectivity index (χ1v) is 6.71. The van der Waals surface area contributed by atoms with Crippen LogP contribution >= 0.6 is 0 Å². The van der Waals surface area contributed by atoms with Gasteiger partial charge in [-0.05, 0) is 38.1 Å². The lowest BCUT2D eigenvalue weighted by molar-refractivity contribution is -0.138. The number of nitrogens with one attached hydrogen (secondary N) is 1. The number of hydrogen-bond donors (Lipinski definition) is 2. The lowest BCUT2D eigenvalue weighted by Crippen LogP contribution is -2.13. The molecular formula is C15H18N4O3. The largest absolute Gasteiger partial charge is 0.494 e. The molecule has 0 bridgehead atoms. The first kappa shape index (κ1) is 17.0. The highest BCUT2D eigenvalue weighted by atomic mass is 16.5. The third-order valence-electron chi connectivity index (χ3n) is 2.46. The lowest BCUT2D eigenvalue weighted by Gasteiger charge is -2.10. The SMILES string of the molecule is CCOC(=O)/C(C#N)=C(\N=C\N)Nc1ccc(OCC)cc1. The summed E-state index contributed by atoms with van der Waals surface area (Å²) in [4.78, 5) is 15.6. The van der Waals surface area contributed by atoms with Gasteiger partial charge in [-0.1, -0.05) is 0 Å². The predicted molar refractivity (Wildman–Crippen MR) is 83.2 cm³/mol. The van der Waals surface area contributed by atoms with Crippen LogP contribution in [0.5, 0.6) is 5.75 Å². The summed E-state index contributed by atoms with van der Waals surface area (Å²) in [6.45, 7) is 4.27. The third-order valence-corrected chi connectivity index (χ3v) is 2.46. The van der Waals surface area contributed by atoms with Gasteiger partial charge in [0.15, 0.2) is 11.4 Å². The highest BCUT2D eigenvalue weighted by Gasteiger charge is 2.16. The van der Waals surface area contributed by atoms with E-state index < -0.39 is 5.97 Å². The number of hydrogen-bond acceptors (Lipinski definition) is 6. The normalized spacial score (nSPS) is 11.5. The fourth-order valence-corrected chi connectivity index (χ4v) is 1.57. The van der Waals surface area contributed by atoms with Crippen LogP contribution in [0.15, 0.2) is 40.7 Å². The summed E-state index contributed by atoms with van der Waals surface area (Å²) in [5.74, 6) is -0.0246. The number of esters is 1. The number of nitrogens with two attached hydrogens (primary N) is 1. The van der Waals surface area contributed by atoms with Crippen LogP contribution in [0, 0.1) is 11.3 Å². The molecule has 0 aliphatic rings. The van der Waals surface area contributed by atoms with Crippen molar-refractivity contribution in [1.82, 2.24) is 0 Å². The molecule has 116 valence electrons. The third kappa shape index (κ3) is 4.83. The van der Waals surface area contributed by atoms with E-state index in [2.05, 4.69) is 10.3 Å². The number of rotatable bonds is 7. The van der Waals surface area contributed by atoms with Crippen LogP contribution in [0.1, 0.15) is 13.8 Å². The average Bonchev–Trinajstić information content (AvgIpc) is 2.50. The van der Waals surface area contributed by atoms with Gasteiger partial charge >= 0.3 is 5.97 Å². The molecule has 0 unspecified atom stereocenters. The Morgan fingerprint density at radius 2 is 2.05 bits per heavy atom. The molecule has 0 amide bonds. The second-order valence-corrected chi connectivity index (χ2v) is 3.92. The average molecular weight is 302 g/mol. The minimum Gasteiger partial charge on any atom is -0.494 e. The number of carbonyl (C=O) groups excluding carboxylic acids is 1. The Morgan fingerprint density at radius 3 is 2.55 bits per heavy atom. The topological polar surface area (TPSA) is 110 Å². The first-order chi connectivity index (χ1) is 10.7. The quantitative estimate of drug-likeness (QED) is 0.261. The second-order valence-electron chi connectivity index (χ2n) is 3.92. The molecular weight excluding hydrogens is 284 g/mol. The molecule has 0 fully saturated rings. The zero-order valence-electron chi connectivity index (χ0n) is 12.5. The zero-order valence-corrected chi connectivity index (χ0v) is 12.5. The van der Waals surface area contributed by atoms with Crippen molar-refractivity contribution in [3.8, 4) is 11.8 Å². The van der Waals surface area contributed by atoms with Crippen molar-refractivity contribution in [3.63, 3.8) is 0 Å². The Kier molecular flexibility index (Phi) is 6.99. The maximum atomic E-state index is 11.7. The van der Waals surface area contributed by atoms with E-state index in [1.165, 1.54) is 0 Å². The van der Waals surface area contributed by atoms with Gasteiger partial charge in [0, 0.05) is 5.69 Å². The van der Waals surface area contributed by atoms with E-state index in [-0.39, 0.29) is 18.0 Å². The number of aliphatic imine (C=N–C) groups is 1. The molecule has 3 N–H and O–H groups in total. The molecule has 0 aromatic heterocycles. The van der Waals surface area contributed by atoms with E-state index in [9.17, 15) is 4.79 Å². The minimum absolute atomic E-state index is 0.0209. The second kappa shape index (κ2) is 9.02. The van der Waals surface area contributed by atoms with Crippen molar-refractivity contribution in [1.29, 1.82) is 5.26 Å². The lowest BCUT2D eigenvalue weighted by atomic mass is 10.2. The number of nitrogens with zero attached hydrogens (tertiary/aromatic N) is 2. The van der Waals surface area contributed by atoms with Gasteiger partial charge in [0.25, 0.3) is 0 Å². The van der Waals surface area contributed by atoms with Crippen LogP contribution in [0.25, 0.3) is 0 Å². The molecule has 1 rings (SSSR count). The fraction of sp³-hybridized carbons (Fsp3) is 0.267. The molecule has 1 aromatic rings. The van der Waals surface area contributed by atoms with Crippen molar-refractivity contribution in [2.24, 2.45) is 10.7 Å². The summed E-state index contributed by atoms with van der Waals surface area (Å²) in [6.07, 6.45) is 0.994. The summed E-state index contributed by atoms with van der Waals surface area (Å²) in [6, 6.07) is 8.75. The van der Waals surface area contributed by atoms with E-state index >= 15 is 0 Å². The molecule has 0 heterocycles. The molecule has 0 radical (unpaired) electrons. The number of nitriles is 1. The van der Waals surface area contributed by atoms with Crippen LogP contribution in [0.3, 0.4) is 0 Å². The smallest absolute Gasteiger partial charge is 0.352 e. The van der Waals surface area contributed by atoms with E-state index in [4.69, 9.17) is 20.5 Å². The van der Waals surface area contributed by atoms with Crippen molar-refractivity contribution in [2.45, 2.75) is 13.8 Å². The Morgan fingerprint density at radius 1 is 1.36 bits per heavy atom. The predicted octanol–water partition coefficient (Wildman–Crippen LogP) is 1.78. The van der Waals surface area contributed by atoms with E-state index in [1.54, 1.807) is 37.3 Å². The molecule has 0 aliphatic carbocycles. The Bertz CT molecular complexity index is 600. The maximum Gasteiger partial charge on any atom is 0.352 e. The molecule has 0 saturated heterocycles. The maximum absolute atomic E-state index is 11.7. The van der Waals surface area contributed by atoms with Gasteiger partial charge in [-0.25, -0.2) is 9.79 Å². The Labute approximate surface area is 129 Å². The molecule has 7 heteroatoms. The summed E-state index contributed by atoms with van der Waals surface area (Å²) in [5, 5.41) is 12.0. The van der Waals surface area contributed by atoms with Gasteiger partial charge in [-0.15, -0.1) is 0 Å². The summed E-state index contributed by atoms with van der Waals surface area (Å²) in [7, 11) is 0. The van der Waals surface area contributed by atoms with E-state index in [0.29, 0.717) is 18.0 Å². The summed E-state index contributed by atoms with van der Waals surface area (Å²) in [5.41, 5.74) is 5.64. The molecule has 0 aliphatic heterocycles. The van der Waals surface area contributed by atoms with Gasteiger partial charge in [-0.3, -0.25) is 0 Å². The molecule has 0 spiro atoms. The van der Waals surface area contributed by atoms with Gasteiger partial charge < -0.3 is 20.5 Å². The molecule has 1 aromatic carbocycles. The summed E-state index contributed by atoms with van der Waals surface area (Å²) >= 11 is 0. The first-order valence-electron chi connectivity index (χ1n) is 6.71. The van der Waals surface area contributed by atoms with Gasteiger partial charge in [0.05, 0.1) is 19.6 Å². The summed E-state index contributed by atoms with van der Waals surface area (Å²) < 4.78 is 10.2. The van der Waals surface area contributed by atoms with Gasteiger partial charge in [0.2, 0.25) is 0 Å². The van der Waals surface area contributed by atoms with Gasteiger partial charge in [0.1, 0.15) is 11.8 Å². The molecule has 0 saturated carbocycles. The zero-order chi connectivity index (χ0) is 16.4. The van der Waals surface area contributed by atoms with E-state index in [0.717, 1.165) is 6.34 Å². The van der Waals surface area contributed by atoms with Crippen LogP contribution in [0.4, 0.5) is 5.69 Å². The Hall–Kier alpha value is -3.01. The van der Waals surface area contributed by atoms with Crippen LogP contribution in [0.2, 0.25) is 0 Å². The van der Waals surface area contributed by atoms with Gasteiger partial charge in [-0.2, -0.15) is 5.26 Å². The standard InChI is InChI=1S/C15H18N4O3/c1-3-21-12-7-5-11(6-8-12)19-14(18-10-17)13(9-16)15(20)22-4-2/h5-8,10,19H,3-4H2,1-2H3,(H2,17,18)/b14-13+. The van der Waals surface area contributed by atoms with Crippen LogP contribution in [-0.2, 0) is 9.53 Å². The molecule has 0 atom stereocenters. The number of anilines is 1. The van der Waals surface area contributed by atoms with Crippen molar-refractivity contribution >= 4 is 18.0 Å². The van der Waals surface area contributed by atoms with Crippen LogP contribution in [-0.4, -0.2) is 25.5 Å². The monoisotopic (exact) mass is 302 g/mol. The van der Waals surface area contributed by atoms with Crippen LogP contribution < -0.4 is 15.8 Å². The number of carbonyl (C=O) groups is 1. The van der Waals surface area contributed by atoms with Crippen molar-refractivity contribution in [3.05, 3.63) is 35.7 Å². The van der Waals surface area contributed by atoms with E-state index in [1.807, 2.05) is 6.92 Å². The number of ether oxygens (including phenoxy) is 2. The fourth-order valence-electron chi connectivity index (χ4n) is 1.57. The Balaban J connectivity index is 3.05. The minimum atomic E-state index is -0.760. The highest BCUT2D eigenvalue weighted by Crippen LogP contribution is 2.19. The highest BCUT2D eigenvalue weighted by molar-refractivity contribution is 5.94. The molecule has 22 heavy (non-hydrogen) atoms. The molecule has 7 nitrogen and oxygen atoms in total.